The van der Waals surface area contributed by atoms with Crippen LogP contribution < -0.4 is 20.7 Å². The van der Waals surface area contributed by atoms with E-state index in [1.165, 1.54) is 18.3 Å². The summed E-state index contributed by atoms with van der Waals surface area (Å²) in [7, 11) is 0.790. The summed E-state index contributed by atoms with van der Waals surface area (Å²) in [5.74, 6) is -2.28. The van der Waals surface area contributed by atoms with Crippen LogP contribution in [0.1, 0.15) is 12.1 Å². The first-order valence-electron chi connectivity index (χ1n) is 11.3. The molecule has 1 saturated heterocycles. The van der Waals surface area contributed by atoms with E-state index in [2.05, 4.69) is 4.98 Å². The summed E-state index contributed by atoms with van der Waals surface area (Å²) in [5.41, 5.74) is -5.09. The number of hydrogen-bond acceptors (Lipinski definition) is 8. The van der Waals surface area contributed by atoms with Gasteiger partial charge in [-0.05, 0) is 24.6 Å². The largest absolute Gasteiger partial charge is 0.463 e. The Morgan fingerprint density at radius 1 is 1.23 bits per heavy atom. The molecule has 0 spiro atoms. The highest BCUT2D eigenvalue weighted by Gasteiger charge is 2.35. The van der Waals surface area contributed by atoms with Gasteiger partial charge in [-0.3, -0.25) is 9.36 Å². The van der Waals surface area contributed by atoms with Crippen LogP contribution in [-0.4, -0.2) is 46.5 Å². The van der Waals surface area contributed by atoms with Crippen molar-refractivity contribution in [1.82, 2.24) is 14.1 Å². The number of esters is 1. The van der Waals surface area contributed by atoms with Crippen molar-refractivity contribution in [3.05, 3.63) is 73.9 Å². The number of alkyl halides is 3. The SMILES string of the molecule is Cn1c(C(F)(F)F)cc(=O)n(-c2cc(Oc3cccnc3OCC(=O)OCC3CCOC3)c(Cl)cc2F)c1=O. The molecule has 0 bridgehead atoms. The maximum atomic E-state index is 14.8. The predicted molar refractivity (Wildman–Crippen MR) is 127 cm³/mol. The average molecular weight is 574 g/mol. The van der Waals surface area contributed by atoms with Gasteiger partial charge in [0.15, 0.2) is 12.4 Å². The number of nitrogens with zero attached hydrogens (tertiary/aromatic N) is 3. The van der Waals surface area contributed by atoms with Crippen molar-refractivity contribution in [2.24, 2.45) is 13.0 Å². The van der Waals surface area contributed by atoms with Crippen molar-refractivity contribution in [3.8, 4) is 23.1 Å². The lowest BCUT2D eigenvalue weighted by Crippen LogP contribution is -2.41. The number of carbonyl (C=O) groups excluding carboxylic acids is 1. The third-order valence-corrected chi connectivity index (χ3v) is 5.94. The first kappa shape index (κ1) is 28.1. The van der Waals surface area contributed by atoms with E-state index < -0.39 is 47.2 Å². The van der Waals surface area contributed by atoms with Crippen molar-refractivity contribution < 1.29 is 41.3 Å². The van der Waals surface area contributed by atoms with Crippen LogP contribution in [0, 0.1) is 11.7 Å². The lowest BCUT2D eigenvalue weighted by molar-refractivity contribution is -0.147. The van der Waals surface area contributed by atoms with Crippen LogP contribution in [-0.2, 0) is 27.5 Å². The van der Waals surface area contributed by atoms with Gasteiger partial charge in [-0.1, -0.05) is 11.6 Å². The Morgan fingerprint density at radius 3 is 2.69 bits per heavy atom. The van der Waals surface area contributed by atoms with Crippen LogP contribution in [0.15, 0.2) is 46.1 Å². The summed E-state index contributed by atoms with van der Waals surface area (Å²) in [6.45, 7) is 0.755. The van der Waals surface area contributed by atoms with E-state index >= 15 is 0 Å². The minimum atomic E-state index is -4.99. The summed E-state index contributed by atoms with van der Waals surface area (Å²) in [4.78, 5) is 41.1. The molecule has 1 aliphatic heterocycles. The van der Waals surface area contributed by atoms with Gasteiger partial charge in [0.05, 0.1) is 23.9 Å². The molecule has 2 aromatic heterocycles. The van der Waals surface area contributed by atoms with Crippen molar-refractivity contribution in [2.45, 2.75) is 12.6 Å². The monoisotopic (exact) mass is 573 g/mol. The Hall–Kier alpha value is -3.91. The van der Waals surface area contributed by atoms with Crippen molar-refractivity contribution in [3.63, 3.8) is 0 Å². The van der Waals surface area contributed by atoms with Gasteiger partial charge >= 0.3 is 17.8 Å². The zero-order chi connectivity index (χ0) is 28.3. The Kier molecular flexibility index (Phi) is 8.25. The Labute approximate surface area is 222 Å². The molecule has 1 atom stereocenters. The second-order valence-electron chi connectivity index (χ2n) is 8.39. The van der Waals surface area contributed by atoms with E-state index in [1.54, 1.807) is 0 Å². The first-order chi connectivity index (χ1) is 18.5. The van der Waals surface area contributed by atoms with Crippen LogP contribution in [0.4, 0.5) is 17.6 Å². The molecule has 15 heteroatoms. The van der Waals surface area contributed by atoms with E-state index in [9.17, 15) is 31.9 Å². The van der Waals surface area contributed by atoms with E-state index in [0.717, 1.165) is 25.6 Å². The normalized spacial score (nSPS) is 15.3. The highest BCUT2D eigenvalue weighted by atomic mass is 35.5. The fourth-order valence-corrected chi connectivity index (χ4v) is 3.85. The first-order valence-corrected chi connectivity index (χ1v) is 11.7. The molecular weight excluding hydrogens is 554 g/mol. The van der Waals surface area contributed by atoms with Gasteiger partial charge in [-0.15, -0.1) is 0 Å². The molecule has 1 fully saturated rings. The number of rotatable bonds is 8. The molecule has 0 radical (unpaired) electrons. The molecule has 4 rings (SSSR count). The van der Waals surface area contributed by atoms with Gasteiger partial charge < -0.3 is 18.9 Å². The highest BCUT2D eigenvalue weighted by molar-refractivity contribution is 6.32. The molecule has 208 valence electrons. The fourth-order valence-electron chi connectivity index (χ4n) is 3.66. The number of benzene rings is 1. The summed E-state index contributed by atoms with van der Waals surface area (Å²) < 4.78 is 76.1. The Balaban J connectivity index is 1.59. The number of pyridine rings is 1. The summed E-state index contributed by atoms with van der Waals surface area (Å²) in [5, 5.41) is -0.305. The zero-order valence-corrected chi connectivity index (χ0v) is 20.9. The molecule has 0 N–H and O–H groups in total. The van der Waals surface area contributed by atoms with Crippen molar-refractivity contribution in [2.75, 3.05) is 26.4 Å². The number of ether oxygens (including phenoxy) is 4. The molecule has 0 saturated carbocycles. The van der Waals surface area contributed by atoms with Gasteiger partial charge in [0.1, 0.15) is 17.3 Å². The second-order valence-corrected chi connectivity index (χ2v) is 8.79. The quantitative estimate of drug-likeness (QED) is 0.297. The Morgan fingerprint density at radius 2 is 2.00 bits per heavy atom. The van der Waals surface area contributed by atoms with E-state index in [0.29, 0.717) is 13.2 Å². The van der Waals surface area contributed by atoms with Gasteiger partial charge in [0.25, 0.3) is 11.4 Å². The number of hydrogen-bond donors (Lipinski definition) is 0. The summed E-state index contributed by atoms with van der Waals surface area (Å²) in [6, 6.07) is 4.59. The molecule has 3 heterocycles. The average Bonchev–Trinajstić information content (AvgIpc) is 3.40. The van der Waals surface area contributed by atoms with Gasteiger partial charge in [0.2, 0.25) is 0 Å². The topological polar surface area (TPSA) is 111 Å². The third kappa shape index (κ3) is 6.40. The van der Waals surface area contributed by atoms with E-state index in [-0.39, 0.29) is 50.1 Å². The molecule has 1 aromatic carbocycles. The van der Waals surface area contributed by atoms with Gasteiger partial charge in [-0.2, -0.15) is 13.2 Å². The van der Waals surface area contributed by atoms with E-state index in [4.69, 9.17) is 30.5 Å². The van der Waals surface area contributed by atoms with Crippen LogP contribution in [0.5, 0.6) is 17.4 Å². The van der Waals surface area contributed by atoms with Crippen molar-refractivity contribution >= 4 is 17.6 Å². The molecule has 0 aliphatic carbocycles. The smallest absolute Gasteiger partial charge is 0.431 e. The minimum Gasteiger partial charge on any atom is -0.463 e. The van der Waals surface area contributed by atoms with Crippen LogP contribution in [0.3, 0.4) is 0 Å². The lowest BCUT2D eigenvalue weighted by atomic mass is 10.1. The number of aromatic nitrogens is 3. The maximum Gasteiger partial charge on any atom is 0.431 e. The maximum absolute atomic E-state index is 14.8. The predicted octanol–water partition coefficient (Wildman–Crippen LogP) is 3.49. The summed E-state index contributed by atoms with van der Waals surface area (Å²) >= 11 is 6.09. The molecule has 1 aliphatic rings. The van der Waals surface area contributed by atoms with Crippen LogP contribution in [0.25, 0.3) is 5.69 Å². The minimum absolute atomic E-state index is 0.0818. The van der Waals surface area contributed by atoms with Crippen LogP contribution in [0.2, 0.25) is 5.02 Å². The molecule has 39 heavy (non-hydrogen) atoms. The lowest BCUT2D eigenvalue weighted by Gasteiger charge is -2.16. The molecule has 1 unspecified atom stereocenters. The molecule has 10 nitrogen and oxygen atoms in total. The molecule has 3 aromatic rings. The fraction of sp³-hybridized carbons (Fsp3) is 0.333. The number of halogens is 5. The standard InChI is InChI=1S/C24H20ClF4N3O7/c1-31-19(24(27,28)29)9-20(33)32(23(31)35)16-8-18(14(25)7-15(16)26)39-17-3-2-5-30-22(17)38-12-21(34)37-11-13-4-6-36-10-13/h2-3,5,7-9,13H,4,6,10-12H2,1H3. The van der Waals surface area contributed by atoms with Gasteiger partial charge in [0, 0.05) is 37.9 Å². The number of carbonyl (C=O) groups is 1. The zero-order valence-electron chi connectivity index (χ0n) is 20.2. The van der Waals surface area contributed by atoms with E-state index in [1.807, 2.05) is 0 Å². The van der Waals surface area contributed by atoms with Crippen molar-refractivity contribution in [1.29, 1.82) is 0 Å². The highest BCUT2D eigenvalue weighted by Crippen LogP contribution is 2.36. The third-order valence-electron chi connectivity index (χ3n) is 5.64. The van der Waals surface area contributed by atoms with Crippen LogP contribution >= 0.6 is 11.6 Å². The second kappa shape index (κ2) is 11.5. The molecule has 0 amide bonds. The van der Waals surface area contributed by atoms with Gasteiger partial charge in [-0.25, -0.2) is 23.5 Å². The Bertz CT molecular complexity index is 1500. The summed E-state index contributed by atoms with van der Waals surface area (Å²) in [6.07, 6.45) is -2.88. The molecular formula is C24H20ClF4N3O7.